The SMILES string of the molecule is CCCCc1nc2cccc(C)c2n1Cc1ccc(-c2ccccc2OC(=O)O)cc1.O. The van der Waals surface area contributed by atoms with Gasteiger partial charge in [0.25, 0.3) is 0 Å². The number of para-hydroxylation sites is 2. The molecule has 4 aromatic rings. The Kier molecular flexibility index (Phi) is 7.28. The molecule has 0 aliphatic heterocycles. The van der Waals surface area contributed by atoms with Crippen molar-refractivity contribution >= 4 is 17.2 Å². The minimum Gasteiger partial charge on any atom is -0.449 e. The molecule has 1 aromatic heterocycles. The van der Waals surface area contributed by atoms with Gasteiger partial charge < -0.3 is 19.9 Å². The summed E-state index contributed by atoms with van der Waals surface area (Å²) in [6.07, 6.45) is 1.89. The standard InChI is InChI=1S/C26H26N2O3.H2O/c1-3-4-12-24-27-22-10-7-8-18(2)25(22)28(24)17-19-13-15-20(16-14-19)21-9-5-6-11-23(21)31-26(29)30;/h5-11,13-16H,3-4,12,17H2,1-2H3,(H,29,30);1H2. The van der Waals surface area contributed by atoms with Gasteiger partial charge in [0.1, 0.15) is 11.6 Å². The van der Waals surface area contributed by atoms with Gasteiger partial charge in [-0.1, -0.05) is 67.9 Å². The lowest BCUT2D eigenvalue weighted by Crippen LogP contribution is -2.06. The predicted octanol–water partition coefficient (Wildman–Crippen LogP) is 5.63. The van der Waals surface area contributed by atoms with Crippen LogP contribution in [0.25, 0.3) is 22.2 Å². The molecule has 166 valence electrons. The lowest BCUT2D eigenvalue weighted by Gasteiger charge is -2.12. The van der Waals surface area contributed by atoms with Crippen molar-refractivity contribution in [1.82, 2.24) is 9.55 Å². The highest BCUT2D eigenvalue weighted by molar-refractivity contribution is 5.80. The molecule has 1 heterocycles. The maximum absolute atomic E-state index is 11.0. The van der Waals surface area contributed by atoms with Crippen molar-refractivity contribution in [2.45, 2.75) is 39.7 Å². The zero-order chi connectivity index (χ0) is 21.8. The van der Waals surface area contributed by atoms with Crippen LogP contribution in [0.15, 0.2) is 66.7 Å². The van der Waals surface area contributed by atoms with Gasteiger partial charge in [0, 0.05) is 18.5 Å². The average molecular weight is 433 g/mol. The summed E-state index contributed by atoms with van der Waals surface area (Å²) in [7, 11) is 0. The molecule has 6 heteroatoms. The number of fused-ring (bicyclic) bond motifs is 1. The summed E-state index contributed by atoms with van der Waals surface area (Å²) in [4.78, 5) is 15.9. The van der Waals surface area contributed by atoms with Crippen molar-refractivity contribution in [2.24, 2.45) is 0 Å². The molecule has 6 nitrogen and oxygen atoms in total. The predicted molar refractivity (Wildman–Crippen MR) is 126 cm³/mol. The van der Waals surface area contributed by atoms with Crippen LogP contribution in [0.3, 0.4) is 0 Å². The first kappa shape index (κ1) is 23.0. The molecular formula is C26H28N2O4. The molecule has 0 fully saturated rings. The van der Waals surface area contributed by atoms with Gasteiger partial charge in [0.05, 0.1) is 11.0 Å². The van der Waals surface area contributed by atoms with E-state index >= 15 is 0 Å². The number of benzene rings is 3. The smallest absolute Gasteiger partial charge is 0.449 e. The minimum absolute atomic E-state index is 0. The topological polar surface area (TPSA) is 95.9 Å². The number of unbranched alkanes of at least 4 members (excludes halogenated alkanes) is 1. The van der Waals surface area contributed by atoms with Crippen molar-refractivity contribution in [1.29, 1.82) is 0 Å². The first-order valence-corrected chi connectivity index (χ1v) is 10.6. The third-order valence-corrected chi connectivity index (χ3v) is 5.49. The van der Waals surface area contributed by atoms with Crippen LogP contribution in [0.5, 0.6) is 5.75 Å². The molecule has 32 heavy (non-hydrogen) atoms. The number of nitrogens with zero attached hydrogens (tertiary/aromatic N) is 2. The van der Waals surface area contributed by atoms with Crippen molar-refractivity contribution in [3.8, 4) is 16.9 Å². The number of aryl methyl sites for hydroxylation is 2. The van der Waals surface area contributed by atoms with E-state index in [-0.39, 0.29) is 5.48 Å². The fourth-order valence-electron chi connectivity index (χ4n) is 3.97. The Morgan fingerprint density at radius 1 is 1.03 bits per heavy atom. The highest BCUT2D eigenvalue weighted by atomic mass is 16.7. The Morgan fingerprint density at radius 2 is 1.78 bits per heavy atom. The van der Waals surface area contributed by atoms with E-state index in [9.17, 15) is 4.79 Å². The monoisotopic (exact) mass is 432 g/mol. The Labute approximate surface area is 187 Å². The highest BCUT2D eigenvalue weighted by Gasteiger charge is 2.14. The molecular weight excluding hydrogens is 404 g/mol. The summed E-state index contributed by atoms with van der Waals surface area (Å²) in [5.41, 5.74) is 6.30. The van der Waals surface area contributed by atoms with Crippen LogP contribution in [-0.2, 0) is 13.0 Å². The summed E-state index contributed by atoms with van der Waals surface area (Å²) in [5.74, 6) is 1.45. The first-order chi connectivity index (χ1) is 15.1. The largest absolute Gasteiger partial charge is 0.511 e. The fourth-order valence-corrected chi connectivity index (χ4v) is 3.97. The molecule has 0 unspecified atom stereocenters. The molecule has 0 amide bonds. The molecule has 0 bridgehead atoms. The summed E-state index contributed by atoms with van der Waals surface area (Å²) < 4.78 is 7.26. The number of ether oxygens (including phenoxy) is 1. The first-order valence-electron chi connectivity index (χ1n) is 10.6. The second kappa shape index (κ2) is 10.1. The summed E-state index contributed by atoms with van der Waals surface area (Å²) in [6.45, 7) is 5.07. The van der Waals surface area contributed by atoms with E-state index in [1.54, 1.807) is 12.1 Å². The zero-order valence-electron chi connectivity index (χ0n) is 18.3. The second-order valence-electron chi connectivity index (χ2n) is 7.72. The summed E-state index contributed by atoms with van der Waals surface area (Å²) >= 11 is 0. The number of aromatic nitrogens is 2. The van der Waals surface area contributed by atoms with Gasteiger partial charge in [-0.05, 0) is 42.2 Å². The van der Waals surface area contributed by atoms with Crippen LogP contribution in [0.2, 0.25) is 0 Å². The molecule has 0 atom stereocenters. The van der Waals surface area contributed by atoms with Crippen LogP contribution in [0, 0.1) is 6.92 Å². The zero-order valence-corrected chi connectivity index (χ0v) is 18.3. The van der Waals surface area contributed by atoms with E-state index in [0.29, 0.717) is 5.75 Å². The van der Waals surface area contributed by atoms with E-state index in [1.807, 2.05) is 24.3 Å². The minimum atomic E-state index is -1.31. The van der Waals surface area contributed by atoms with Crippen LogP contribution < -0.4 is 4.74 Å². The van der Waals surface area contributed by atoms with E-state index in [2.05, 4.69) is 48.7 Å². The van der Waals surface area contributed by atoms with Crippen LogP contribution in [0.4, 0.5) is 4.79 Å². The van der Waals surface area contributed by atoms with Gasteiger partial charge in [0.2, 0.25) is 0 Å². The van der Waals surface area contributed by atoms with Crippen molar-refractivity contribution in [3.63, 3.8) is 0 Å². The van der Waals surface area contributed by atoms with Gasteiger partial charge in [-0.3, -0.25) is 0 Å². The number of carbonyl (C=O) groups is 1. The van der Waals surface area contributed by atoms with Crippen LogP contribution in [0.1, 0.15) is 36.7 Å². The van der Waals surface area contributed by atoms with Crippen LogP contribution >= 0.6 is 0 Å². The molecule has 0 saturated heterocycles. The highest BCUT2D eigenvalue weighted by Crippen LogP contribution is 2.30. The lowest BCUT2D eigenvalue weighted by molar-refractivity contribution is 0.144. The van der Waals surface area contributed by atoms with Gasteiger partial charge >= 0.3 is 6.16 Å². The van der Waals surface area contributed by atoms with Crippen LogP contribution in [-0.4, -0.2) is 26.3 Å². The average Bonchev–Trinajstić information content (AvgIpc) is 3.11. The van der Waals surface area contributed by atoms with Gasteiger partial charge in [-0.15, -0.1) is 0 Å². The van der Waals surface area contributed by atoms with E-state index in [4.69, 9.17) is 14.8 Å². The molecule has 0 aliphatic rings. The van der Waals surface area contributed by atoms with Gasteiger partial charge in [0.15, 0.2) is 0 Å². The molecule has 0 spiro atoms. The lowest BCUT2D eigenvalue weighted by atomic mass is 10.0. The van der Waals surface area contributed by atoms with Crippen molar-refractivity contribution in [2.75, 3.05) is 0 Å². The third kappa shape index (κ3) is 4.81. The van der Waals surface area contributed by atoms with E-state index < -0.39 is 6.16 Å². The Balaban J connectivity index is 0.00000289. The number of imidazole rings is 1. The van der Waals surface area contributed by atoms with Gasteiger partial charge in [-0.2, -0.15) is 0 Å². The number of carboxylic acid groups (broad SMARTS) is 1. The summed E-state index contributed by atoms with van der Waals surface area (Å²) in [6, 6.07) is 21.6. The Bertz CT molecular complexity index is 1210. The molecule has 4 rings (SSSR count). The summed E-state index contributed by atoms with van der Waals surface area (Å²) in [5, 5.41) is 8.99. The number of hydrogen-bond donors (Lipinski definition) is 1. The molecule has 3 aromatic carbocycles. The fraction of sp³-hybridized carbons (Fsp3) is 0.231. The molecule has 0 saturated carbocycles. The Morgan fingerprint density at radius 3 is 2.50 bits per heavy atom. The normalized spacial score (nSPS) is 10.7. The second-order valence-corrected chi connectivity index (χ2v) is 7.72. The third-order valence-electron chi connectivity index (χ3n) is 5.49. The molecule has 3 N–H and O–H groups in total. The Hall–Kier alpha value is -3.64. The number of hydrogen-bond acceptors (Lipinski definition) is 3. The van der Waals surface area contributed by atoms with E-state index in [1.165, 1.54) is 16.6 Å². The van der Waals surface area contributed by atoms with Crippen molar-refractivity contribution < 1.29 is 20.1 Å². The van der Waals surface area contributed by atoms with Gasteiger partial charge in [-0.25, -0.2) is 9.78 Å². The number of rotatable bonds is 7. The molecule has 0 radical (unpaired) electrons. The maximum atomic E-state index is 11.0. The quantitative estimate of drug-likeness (QED) is 0.302. The van der Waals surface area contributed by atoms with E-state index in [0.717, 1.165) is 48.3 Å². The molecule has 0 aliphatic carbocycles. The van der Waals surface area contributed by atoms with Crippen molar-refractivity contribution in [3.05, 3.63) is 83.7 Å². The maximum Gasteiger partial charge on any atom is 0.511 e.